The minimum absolute atomic E-state index is 0.181. The van der Waals surface area contributed by atoms with E-state index < -0.39 is 0 Å². The minimum atomic E-state index is -0.381. The Morgan fingerprint density at radius 1 is 0.889 bits per heavy atom. The summed E-state index contributed by atoms with van der Waals surface area (Å²) in [5.41, 5.74) is 0. The number of hydrogen-bond donors (Lipinski definition) is 0. The average molecular weight is 250 g/mol. The monoisotopic (exact) mass is 250 g/mol. The topological polar surface area (TPSA) is 52.6 Å². The molecule has 0 amide bonds. The molecule has 0 bridgehead atoms. The molecule has 4 nitrogen and oxygen atoms in total. The van der Waals surface area contributed by atoms with E-state index in [9.17, 15) is 9.59 Å². The molecule has 0 aromatic rings. The fraction of sp³-hybridized carbons (Fsp3) is 0.429. The van der Waals surface area contributed by atoms with Gasteiger partial charge < -0.3 is 9.47 Å². The number of allylic oxidation sites excluding steroid dienone is 2. The van der Waals surface area contributed by atoms with Crippen molar-refractivity contribution >= 4 is 11.9 Å². The van der Waals surface area contributed by atoms with Crippen molar-refractivity contribution < 1.29 is 19.1 Å². The number of carbonyl (C=O) groups excluding carboxylic acids is 2. The molecule has 1 heterocycles. The van der Waals surface area contributed by atoms with Crippen molar-refractivity contribution in [3.63, 3.8) is 0 Å². The van der Waals surface area contributed by atoms with E-state index in [-0.39, 0.29) is 24.1 Å². The van der Waals surface area contributed by atoms with Crippen molar-refractivity contribution in [3.8, 4) is 0 Å². The van der Waals surface area contributed by atoms with Gasteiger partial charge in [-0.2, -0.15) is 0 Å². The largest absolute Gasteiger partial charge is 0.459 e. The fourth-order valence-electron chi connectivity index (χ4n) is 1.41. The summed E-state index contributed by atoms with van der Waals surface area (Å²) in [5.74, 6) is -0.754. The van der Waals surface area contributed by atoms with Crippen LogP contribution in [0.3, 0.4) is 0 Å². The molecule has 98 valence electrons. The Morgan fingerprint density at radius 2 is 1.44 bits per heavy atom. The number of hydrogen-bond acceptors (Lipinski definition) is 4. The van der Waals surface area contributed by atoms with Crippen LogP contribution in [-0.4, -0.2) is 24.1 Å². The van der Waals surface area contributed by atoms with Crippen LogP contribution in [0.2, 0.25) is 0 Å². The van der Waals surface area contributed by atoms with E-state index in [1.807, 2.05) is 13.0 Å². The molecule has 0 aliphatic carbocycles. The lowest BCUT2D eigenvalue weighted by Crippen LogP contribution is -2.14. The van der Waals surface area contributed by atoms with E-state index in [1.54, 1.807) is 25.2 Å². The lowest BCUT2D eigenvalue weighted by Gasteiger charge is -2.10. The summed E-state index contributed by atoms with van der Waals surface area (Å²) >= 11 is 0. The Labute approximate surface area is 107 Å². The van der Waals surface area contributed by atoms with Gasteiger partial charge in [-0.1, -0.05) is 24.3 Å². The van der Waals surface area contributed by atoms with E-state index in [0.717, 1.165) is 0 Å². The summed E-state index contributed by atoms with van der Waals surface area (Å²) in [4.78, 5) is 22.7. The normalized spacial score (nSPS) is 31.7. The van der Waals surface area contributed by atoms with Gasteiger partial charge in [0.25, 0.3) is 0 Å². The maximum atomic E-state index is 11.4. The Morgan fingerprint density at radius 3 is 2.11 bits per heavy atom. The van der Waals surface area contributed by atoms with E-state index in [1.165, 1.54) is 12.2 Å². The van der Waals surface area contributed by atoms with Crippen LogP contribution in [0.4, 0.5) is 0 Å². The fourth-order valence-corrected chi connectivity index (χ4v) is 1.41. The number of ether oxygens (including phenoxy) is 2. The molecule has 0 N–H and O–H groups in total. The highest BCUT2D eigenvalue weighted by atomic mass is 16.5. The Balaban J connectivity index is 2.70. The number of esters is 2. The molecule has 0 aromatic heterocycles. The summed E-state index contributed by atoms with van der Waals surface area (Å²) in [6, 6.07) is 0. The summed E-state index contributed by atoms with van der Waals surface area (Å²) in [7, 11) is 0. The molecule has 1 rings (SSSR count). The maximum Gasteiger partial charge on any atom is 0.331 e. The van der Waals surface area contributed by atoms with Crippen LogP contribution in [0.25, 0.3) is 0 Å². The zero-order valence-electron chi connectivity index (χ0n) is 10.7. The molecule has 0 fully saturated rings. The lowest BCUT2D eigenvalue weighted by atomic mass is 10.2. The molecule has 1 aliphatic rings. The first-order valence-corrected chi connectivity index (χ1v) is 5.99. The van der Waals surface area contributed by atoms with E-state index in [0.29, 0.717) is 12.8 Å². The first-order valence-electron chi connectivity index (χ1n) is 5.99. The van der Waals surface area contributed by atoms with Crippen LogP contribution in [-0.2, 0) is 19.1 Å². The van der Waals surface area contributed by atoms with Crippen LogP contribution < -0.4 is 0 Å². The molecule has 0 radical (unpaired) electrons. The minimum Gasteiger partial charge on any atom is -0.459 e. The van der Waals surface area contributed by atoms with Gasteiger partial charge in [0.2, 0.25) is 0 Å². The van der Waals surface area contributed by atoms with Gasteiger partial charge in [0.05, 0.1) is 0 Å². The third-order valence-corrected chi connectivity index (χ3v) is 2.30. The molecule has 4 heteroatoms. The van der Waals surface area contributed by atoms with E-state index in [2.05, 4.69) is 0 Å². The Bertz CT molecular complexity index is 379. The summed E-state index contributed by atoms with van der Waals surface area (Å²) in [5, 5.41) is 0. The molecular weight excluding hydrogens is 232 g/mol. The molecular formula is C14H18O4. The second kappa shape index (κ2) is 7.48. The molecule has 2 atom stereocenters. The quantitative estimate of drug-likeness (QED) is 0.619. The van der Waals surface area contributed by atoms with Crippen LogP contribution in [0.5, 0.6) is 0 Å². The maximum absolute atomic E-state index is 11.4. The number of cyclic esters (lactones) is 2. The van der Waals surface area contributed by atoms with Crippen molar-refractivity contribution in [2.24, 2.45) is 0 Å². The molecule has 1 unspecified atom stereocenters. The van der Waals surface area contributed by atoms with Crippen LogP contribution in [0, 0.1) is 0 Å². The van der Waals surface area contributed by atoms with E-state index in [4.69, 9.17) is 9.47 Å². The first-order chi connectivity index (χ1) is 8.58. The van der Waals surface area contributed by atoms with Crippen molar-refractivity contribution in [2.45, 2.75) is 38.9 Å². The van der Waals surface area contributed by atoms with Crippen molar-refractivity contribution in [2.75, 3.05) is 0 Å². The average Bonchev–Trinajstić information content (AvgIpc) is 2.27. The summed E-state index contributed by atoms with van der Waals surface area (Å²) < 4.78 is 10.2. The highest BCUT2D eigenvalue weighted by Gasteiger charge is 2.07. The van der Waals surface area contributed by atoms with Crippen LogP contribution in [0.15, 0.2) is 36.5 Å². The van der Waals surface area contributed by atoms with Gasteiger partial charge in [0.1, 0.15) is 12.2 Å². The van der Waals surface area contributed by atoms with Gasteiger partial charge >= 0.3 is 11.9 Å². The van der Waals surface area contributed by atoms with Gasteiger partial charge in [-0.05, 0) is 13.8 Å². The van der Waals surface area contributed by atoms with E-state index >= 15 is 0 Å². The summed E-state index contributed by atoms with van der Waals surface area (Å²) in [6.45, 7) is 3.59. The van der Waals surface area contributed by atoms with Crippen molar-refractivity contribution in [1.29, 1.82) is 0 Å². The van der Waals surface area contributed by atoms with Gasteiger partial charge in [0, 0.05) is 25.0 Å². The predicted octanol–water partition coefficient (Wildman–Crippen LogP) is 2.31. The first kappa shape index (κ1) is 14.2. The molecule has 0 spiro atoms. The second-order valence-corrected chi connectivity index (χ2v) is 4.16. The third kappa shape index (κ3) is 6.03. The number of carbonyl (C=O) groups is 2. The molecule has 0 aromatic carbocycles. The van der Waals surface area contributed by atoms with Crippen LogP contribution >= 0.6 is 0 Å². The standard InChI is InChI=1S/C14H18O4/c1-11-7-4-3-5-9-13(15)18-12(2)8-6-10-14(16)17-11/h3-6,9-12H,7-8H2,1-2H3/b4-3-,9-5+,10-6+/t11?,12-/m1/s1. The van der Waals surface area contributed by atoms with Crippen molar-refractivity contribution in [3.05, 3.63) is 36.5 Å². The van der Waals surface area contributed by atoms with Gasteiger partial charge in [0.15, 0.2) is 0 Å². The number of rotatable bonds is 0. The van der Waals surface area contributed by atoms with Crippen molar-refractivity contribution in [1.82, 2.24) is 0 Å². The molecule has 1 aliphatic heterocycles. The Hall–Kier alpha value is -1.84. The van der Waals surface area contributed by atoms with Gasteiger partial charge in [-0.15, -0.1) is 0 Å². The predicted molar refractivity (Wildman–Crippen MR) is 67.8 cm³/mol. The third-order valence-electron chi connectivity index (χ3n) is 2.30. The SMILES string of the molecule is CC1C/C=C\C=C\C(=O)O[C@H](C)C/C=C/C(=O)O1. The molecule has 0 saturated carbocycles. The zero-order valence-corrected chi connectivity index (χ0v) is 10.7. The highest BCUT2D eigenvalue weighted by molar-refractivity contribution is 5.83. The lowest BCUT2D eigenvalue weighted by molar-refractivity contribution is -0.142. The summed E-state index contributed by atoms with van der Waals surface area (Å²) in [6.07, 6.45) is 10.2. The van der Waals surface area contributed by atoms with Crippen LogP contribution in [0.1, 0.15) is 26.7 Å². The Kier molecular flexibility index (Phi) is 5.91. The zero-order chi connectivity index (χ0) is 13.4. The highest BCUT2D eigenvalue weighted by Crippen LogP contribution is 2.04. The smallest absolute Gasteiger partial charge is 0.331 e. The molecule has 18 heavy (non-hydrogen) atoms. The molecule has 0 saturated heterocycles. The van der Waals surface area contributed by atoms with Gasteiger partial charge in [-0.3, -0.25) is 0 Å². The second-order valence-electron chi connectivity index (χ2n) is 4.16. The van der Waals surface area contributed by atoms with Gasteiger partial charge in [-0.25, -0.2) is 9.59 Å².